The maximum Gasteiger partial charge on any atom is 0.416 e. The van der Waals surface area contributed by atoms with E-state index in [0.717, 1.165) is 9.25 Å². The highest BCUT2D eigenvalue weighted by molar-refractivity contribution is 6.33. The van der Waals surface area contributed by atoms with Crippen molar-refractivity contribution in [3.8, 4) is 22.5 Å². The van der Waals surface area contributed by atoms with Crippen molar-refractivity contribution < 1.29 is 23.1 Å². The second kappa shape index (κ2) is 10.4. The molecule has 3 aromatic carbocycles. The first kappa shape index (κ1) is 26.5. The Labute approximate surface area is 218 Å². The number of primary amides is 1. The summed E-state index contributed by atoms with van der Waals surface area (Å²) in [5, 5.41) is 14.7. The minimum atomic E-state index is -4.95. The summed E-state index contributed by atoms with van der Waals surface area (Å²) in [4.78, 5) is 25.2. The zero-order chi connectivity index (χ0) is 26.9. The van der Waals surface area contributed by atoms with E-state index in [4.69, 9.17) is 28.9 Å². The molecule has 0 aliphatic carbocycles. The van der Waals surface area contributed by atoms with Gasteiger partial charge in [0.15, 0.2) is 11.9 Å². The van der Waals surface area contributed by atoms with Crippen molar-refractivity contribution in [1.82, 2.24) is 14.3 Å². The quantitative estimate of drug-likeness (QED) is 0.346. The van der Waals surface area contributed by atoms with E-state index in [1.807, 2.05) is 0 Å². The van der Waals surface area contributed by atoms with Crippen LogP contribution in [0.25, 0.3) is 22.5 Å². The van der Waals surface area contributed by atoms with Crippen LogP contribution >= 0.6 is 23.2 Å². The number of nitrogens with zero attached hydrogens (tertiary/aromatic N) is 3. The molecule has 4 aromatic rings. The molecule has 12 heteroatoms. The molecule has 4 rings (SSSR count). The summed E-state index contributed by atoms with van der Waals surface area (Å²) in [6, 6.07) is 17.6. The zero-order valence-electron chi connectivity index (χ0n) is 18.9. The second-order valence-electron chi connectivity index (χ2n) is 8.20. The van der Waals surface area contributed by atoms with Gasteiger partial charge in [-0.05, 0) is 59.7 Å². The second-order valence-corrected chi connectivity index (χ2v) is 9.05. The number of carbonyl (C=O) groups excluding carboxylic acids is 1. The number of halogens is 5. The summed E-state index contributed by atoms with van der Waals surface area (Å²) < 4.78 is 41.0. The monoisotopic (exact) mass is 550 g/mol. The SMILES string of the molecule is NC(=O)c1cc(Cn2nc(-c3ccc(Cl)cc3)n(CC(O)C(F)(F)F)c2=O)cc(-c2ccccc2Cl)c1. The van der Waals surface area contributed by atoms with E-state index in [0.29, 0.717) is 32.3 Å². The highest BCUT2D eigenvalue weighted by Crippen LogP contribution is 2.30. The van der Waals surface area contributed by atoms with Crippen LogP contribution in [0, 0.1) is 0 Å². The summed E-state index contributed by atoms with van der Waals surface area (Å²) in [5.74, 6) is -0.814. The Balaban J connectivity index is 1.81. The van der Waals surface area contributed by atoms with Gasteiger partial charge in [0.2, 0.25) is 5.91 Å². The van der Waals surface area contributed by atoms with Crippen molar-refractivity contribution >= 4 is 29.1 Å². The average Bonchev–Trinajstić information content (AvgIpc) is 3.14. The zero-order valence-corrected chi connectivity index (χ0v) is 20.4. The van der Waals surface area contributed by atoms with Gasteiger partial charge in [-0.25, -0.2) is 9.48 Å². The summed E-state index contributed by atoms with van der Waals surface area (Å²) >= 11 is 12.2. The number of nitrogens with two attached hydrogens (primary N) is 1. The van der Waals surface area contributed by atoms with E-state index < -0.39 is 30.4 Å². The third-order valence-corrected chi connectivity index (χ3v) is 6.13. The molecule has 1 aromatic heterocycles. The molecule has 0 fully saturated rings. The first-order valence-corrected chi connectivity index (χ1v) is 11.6. The van der Waals surface area contributed by atoms with E-state index in [1.54, 1.807) is 36.4 Å². The number of aliphatic hydroxyl groups is 1. The number of benzene rings is 3. The molecule has 192 valence electrons. The molecule has 1 unspecified atom stereocenters. The number of alkyl halides is 3. The Morgan fingerprint density at radius 2 is 1.70 bits per heavy atom. The van der Waals surface area contributed by atoms with E-state index in [-0.39, 0.29) is 17.9 Å². The van der Waals surface area contributed by atoms with Crippen LogP contribution in [0.5, 0.6) is 0 Å². The molecule has 0 saturated carbocycles. The average molecular weight is 551 g/mol. The molecule has 0 aliphatic rings. The molecule has 0 bridgehead atoms. The predicted molar refractivity (Wildman–Crippen MR) is 134 cm³/mol. The van der Waals surface area contributed by atoms with Gasteiger partial charge in [0.05, 0.1) is 13.1 Å². The Hall–Kier alpha value is -3.60. The lowest BCUT2D eigenvalue weighted by Crippen LogP contribution is -2.37. The summed E-state index contributed by atoms with van der Waals surface area (Å²) in [6.45, 7) is -1.26. The van der Waals surface area contributed by atoms with Crippen molar-refractivity contribution in [3.63, 3.8) is 0 Å². The highest BCUT2D eigenvalue weighted by atomic mass is 35.5. The van der Waals surface area contributed by atoms with Crippen molar-refractivity contribution in [2.24, 2.45) is 5.73 Å². The Morgan fingerprint density at radius 1 is 1.03 bits per heavy atom. The van der Waals surface area contributed by atoms with Gasteiger partial charge >= 0.3 is 11.9 Å². The largest absolute Gasteiger partial charge is 0.416 e. The topological polar surface area (TPSA) is 103 Å². The molecule has 1 amide bonds. The minimum Gasteiger partial charge on any atom is -0.382 e. The fraction of sp³-hybridized carbons (Fsp3) is 0.160. The lowest BCUT2D eigenvalue weighted by molar-refractivity contribution is -0.207. The predicted octanol–water partition coefficient (Wildman–Crippen LogP) is 4.76. The van der Waals surface area contributed by atoms with E-state index >= 15 is 0 Å². The smallest absolute Gasteiger partial charge is 0.382 e. The van der Waals surface area contributed by atoms with E-state index in [9.17, 15) is 27.9 Å². The lowest BCUT2D eigenvalue weighted by atomic mass is 9.99. The molecule has 0 spiro atoms. The van der Waals surface area contributed by atoms with Crippen LogP contribution in [0.3, 0.4) is 0 Å². The fourth-order valence-electron chi connectivity index (χ4n) is 3.75. The van der Waals surface area contributed by atoms with Crippen molar-refractivity contribution in [3.05, 3.63) is 98.4 Å². The van der Waals surface area contributed by atoms with Gasteiger partial charge < -0.3 is 10.8 Å². The maximum atomic E-state index is 13.2. The third kappa shape index (κ3) is 5.87. The minimum absolute atomic E-state index is 0.0950. The van der Waals surface area contributed by atoms with Crippen LogP contribution in [0.4, 0.5) is 13.2 Å². The fourth-order valence-corrected chi connectivity index (χ4v) is 4.12. The van der Waals surface area contributed by atoms with E-state index in [1.165, 1.54) is 30.3 Å². The van der Waals surface area contributed by atoms with Crippen molar-refractivity contribution in [2.75, 3.05) is 0 Å². The highest BCUT2D eigenvalue weighted by Gasteiger charge is 2.39. The first-order chi connectivity index (χ1) is 17.4. The normalized spacial score (nSPS) is 12.5. The Kier molecular flexibility index (Phi) is 7.44. The molecule has 0 aliphatic heterocycles. The molecule has 1 heterocycles. The number of aliphatic hydroxyl groups excluding tert-OH is 1. The maximum absolute atomic E-state index is 13.2. The van der Waals surface area contributed by atoms with Crippen molar-refractivity contribution in [2.45, 2.75) is 25.4 Å². The van der Waals surface area contributed by atoms with Crippen LogP contribution < -0.4 is 11.4 Å². The number of hydrogen-bond donors (Lipinski definition) is 2. The number of aromatic nitrogens is 3. The Morgan fingerprint density at radius 3 is 2.32 bits per heavy atom. The molecule has 0 radical (unpaired) electrons. The number of carbonyl (C=O) groups is 1. The molecule has 7 nitrogen and oxygen atoms in total. The number of rotatable bonds is 7. The third-order valence-electron chi connectivity index (χ3n) is 5.55. The molecule has 1 atom stereocenters. The van der Waals surface area contributed by atoms with Gasteiger partial charge in [-0.3, -0.25) is 9.36 Å². The molecule has 0 saturated heterocycles. The Bertz CT molecular complexity index is 1520. The van der Waals surface area contributed by atoms with Crippen LogP contribution in [-0.4, -0.2) is 37.6 Å². The van der Waals surface area contributed by atoms with Gasteiger partial charge in [0.1, 0.15) is 0 Å². The van der Waals surface area contributed by atoms with Gasteiger partial charge in [0.25, 0.3) is 0 Å². The summed E-state index contributed by atoms with van der Waals surface area (Å²) in [7, 11) is 0. The van der Waals surface area contributed by atoms with E-state index in [2.05, 4.69) is 5.10 Å². The standard InChI is InChI=1S/C25H19Cl2F3N4O3/c26-18-7-5-15(6-8-18)23-32-34(24(37)33(23)13-21(35)25(28,29)30)12-14-9-16(11-17(10-14)22(31)36)19-3-1-2-4-20(19)27/h1-11,21,35H,12-13H2,(H2,31,36). The van der Waals surface area contributed by atoms with Crippen LogP contribution in [-0.2, 0) is 13.1 Å². The lowest BCUT2D eigenvalue weighted by Gasteiger charge is -2.15. The van der Waals surface area contributed by atoms with Crippen LogP contribution in [0.1, 0.15) is 15.9 Å². The molecule has 37 heavy (non-hydrogen) atoms. The molecular weight excluding hydrogens is 532 g/mol. The summed E-state index contributed by atoms with van der Waals surface area (Å²) in [5.41, 5.74) is 6.66. The van der Waals surface area contributed by atoms with Gasteiger partial charge in [-0.15, -0.1) is 5.10 Å². The number of hydrogen-bond acceptors (Lipinski definition) is 4. The van der Waals surface area contributed by atoms with Crippen molar-refractivity contribution in [1.29, 1.82) is 0 Å². The van der Waals surface area contributed by atoms with Gasteiger partial charge in [-0.1, -0.05) is 41.4 Å². The van der Waals surface area contributed by atoms with Gasteiger partial charge in [-0.2, -0.15) is 13.2 Å². The molecular formula is C25H19Cl2F3N4O3. The first-order valence-electron chi connectivity index (χ1n) is 10.8. The molecule has 3 N–H and O–H groups in total. The van der Waals surface area contributed by atoms with Crippen LogP contribution in [0.2, 0.25) is 10.0 Å². The summed E-state index contributed by atoms with van der Waals surface area (Å²) in [6.07, 6.45) is -7.74. The van der Waals surface area contributed by atoms with Gasteiger partial charge in [0, 0.05) is 26.7 Å². The van der Waals surface area contributed by atoms with Crippen LogP contribution in [0.15, 0.2) is 71.5 Å². The number of amides is 1.